The first kappa shape index (κ1) is 31.3. The SMILES string of the molecule is C1=C(c2ccccc2)N=C(n2c3ccccc3c3c4cc(-c5ccc6ccc(-c7cccc8ccccc78)cc6c5)ccc4ccc32)NC1c1ccccc1. The van der Waals surface area contributed by atoms with E-state index in [0.717, 1.165) is 28.3 Å². The second-order valence-electron chi connectivity index (χ2n) is 14.4. The molecular formula is C52H35N3. The summed E-state index contributed by atoms with van der Waals surface area (Å²) >= 11 is 0. The van der Waals surface area contributed by atoms with Gasteiger partial charge in [0.1, 0.15) is 0 Å². The molecule has 258 valence electrons. The second kappa shape index (κ2) is 12.7. The molecule has 3 heteroatoms. The Morgan fingerprint density at radius 1 is 0.418 bits per heavy atom. The van der Waals surface area contributed by atoms with Crippen molar-refractivity contribution in [3.8, 4) is 22.3 Å². The first-order chi connectivity index (χ1) is 27.2. The molecule has 0 saturated heterocycles. The second-order valence-corrected chi connectivity index (χ2v) is 14.4. The normalized spacial score (nSPS) is 14.4. The molecule has 0 bridgehead atoms. The number of nitrogens with one attached hydrogen (secondary N) is 1. The van der Waals surface area contributed by atoms with E-state index in [1.54, 1.807) is 0 Å². The van der Waals surface area contributed by atoms with Gasteiger partial charge in [0.05, 0.1) is 22.8 Å². The van der Waals surface area contributed by atoms with E-state index in [1.807, 2.05) is 0 Å². The van der Waals surface area contributed by atoms with E-state index in [9.17, 15) is 0 Å². The Kier molecular flexibility index (Phi) is 7.24. The molecule has 0 radical (unpaired) electrons. The number of fused-ring (bicyclic) bond motifs is 7. The summed E-state index contributed by atoms with van der Waals surface area (Å²) in [5.41, 5.74) is 10.4. The molecule has 3 nitrogen and oxygen atoms in total. The minimum Gasteiger partial charge on any atom is -0.345 e. The van der Waals surface area contributed by atoms with Crippen molar-refractivity contribution in [2.45, 2.75) is 6.04 Å². The Hall–Kier alpha value is -7.23. The van der Waals surface area contributed by atoms with Gasteiger partial charge in [-0.3, -0.25) is 4.57 Å². The average molecular weight is 702 g/mol. The van der Waals surface area contributed by atoms with Crippen LogP contribution in [-0.2, 0) is 0 Å². The zero-order chi connectivity index (χ0) is 36.3. The Bertz CT molecular complexity index is 3170. The Morgan fingerprint density at radius 2 is 1.05 bits per heavy atom. The van der Waals surface area contributed by atoms with Gasteiger partial charge in [-0.25, -0.2) is 4.99 Å². The molecule has 11 rings (SSSR count). The van der Waals surface area contributed by atoms with E-state index in [1.165, 1.54) is 70.9 Å². The third kappa shape index (κ3) is 5.32. The van der Waals surface area contributed by atoms with Crippen molar-refractivity contribution < 1.29 is 0 Å². The van der Waals surface area contributed by atoms with Crippen LogP contribution in [0, 0.1) is 0 Å². The molecule has 0 amide bonds. The lowest BCUT2D eigenvalue weighted by atomic mass is 9.94. The fourth-order valence-electron chi connectivity index (χ4n) is 8.51. The third-order valence-corrected chi connectivity index (χ3v) is 11.2. The zero-order valence-corrected chi connectivity index (χ0v) is 30.0. The molecule has 1 N–H and O–H groups in total. The summed E-state index contributed by atoms with van der Waals surface area (Å²) in [6.07, 6.45) is 2.23. The van der Waals surface area contributed by atoms with Crippen molar-refractivity contribution in [2.24, 2.45) is 4.99 Å². The number of aromatic nitrogens is 1. The number of hydrogen-bond acceptors (Lipinski definition) is 2. The summed E-state index contributed by atoms with van der Waals surface area (Å²) < 4.78 is 2.31. The Labute approximate surface area is 319 Å². The molecule has 0 aliphatic carbocycles. The molecule has 1 aliphatic rings. The van der Waals surface area contributed by atoms with Crippen LogP contribution < -0.4 is 5.32 Å². The molecule has 1 aliphatic heterocycles. The third-order valence-electron chi connectivity index (χ3n) is 11.2. The molecule has 1 aromatic heterocycles. The van der Waals surface area contributed by atoms with Gasteiger partial charge in [-0.1, -0.05) is 164 Å². The van der Waals surface area contributed by atoms with Crippen LogP contribution in [0.25, 0.3) is 82.1 Å². The molecule has 1 unspecified atom stereocenters. The van der Waals surface area contributed by atoms with E-state index >= 15 is 0 Å². The first-order valence-electron chi connectivity index (χ1n) is 18.9. The largest absolute Gasteiger partial charge is 0.345 e. The van der Waals surface area contributed by atoms with Crippen LogP contribution in [0.1, 0.15) is 17.2 Å². The number of hydrogen-bond donors (Lipinski definition) is 1. The van der Waals surface area contributed by atoms with Crippen molar-refractivity contribution in [3.05, 3.63) is 211 Å². The molecule has 2 heterocycles. The maximum absolute atomic E-state index is 5.32. The van der Waals surface area contributed by atoms with Crippen LogP contribution in [-0.4, -0.2) is 10.5 Å². The lowest BCUT2D eigenvalue weighted by Crippen LogP contribution is -2.35. The lowest BCUT2D eigenvalue weighted by Gasteiger charge is -2.25. The number of nitrogens with zero attached hydrogens (tertiary/aromatic N) is 2. The molecular weight excluding hydrogens is 667 g/mol. The summed E-state index contributed by atoms with van der Waals surface area (Å²) in [4.78, 5) is 5.32. The predicted octanol–water partition coefficient (Wildman–Crippen LogP) is 13.2. The summed E-state index contributed by atoms with van der Waals surface area (Å²) in [5, 5.41) is 13.7. The summed E-state index contributed by atoms with van der Waals surface area (Å²) in [7, 11) is 0. The highest BCUT2D eigenvalue weighted by Crippen LogP contribution is 2.39. The lowest BCUT2D eigenvalue weighted by molar-refractivity contribution is 0.760. The minimum absolute atomic E-state index is 0.0405. The van der Waals surface area contributed by atoms with Crippen molar-refractivity contribution in [3.63, 3.8) is 0 Å². The highest BCUT2D eigenvalue weighted by Gasteiger charge is 2.23. The van der Waals surface area contributed by atoms with Gasteiger partial charge in [-0.05, 0) is 96.5 Å². The number of benzene rings is 9. The predicted molar refractivity (Wildman–Crippen MR) is 232 cm³/mol. The summed E-state index contributed by atoms with van der Waals surface area (Å²) in [6.45, 7) is 0. The first-order valence-corrected chi connectivity index (χ1v) is 18.9. The van der Waals surface area contributed by atoms with E-state index < -0.39 is 0 Å². The maximum Gasteiger partial charge on any atom is 0.209 e. The summed E-state index contributed by atoms with van der Waals surface area (Å²) in [6, 6.07) is 70.1. The average Bonchev–Trinajstić information content (AvgIpc) is 3.61. The van der Waals surface area contributed by atoms with Gasteiger partial charge in [0.25, 0.3) is 0 Å². The van der Waals surface area contributed by atoms with Crippen LogP contribution in [0.3, 0.4) is 0 Å². The zero-order valence-electron chi connectivity index (χ0n) is 30.0. The number of rotatable bonds is 4. The van der Waals surface area contributed by atoms with Crippen LogP contribution in [0.15, 0.2) is 205 Å². The maximum atomic E-state index is 5.32. The van der Waals surface area contributed by atoms with Crippen LogP contribution in [0.5, 0.6) is 0 Å². The van der Waals surface area contributed by atoms with E-state index in [0.29, 0.717) is 0 Å². The summed E-state index contributed by atoms with van der Waals surface area (Å²) in [5.74, 6) is 0.813. The fraction of sp³-hybridized carbons (Fsp3) is 0.0192. The van der Waals surface area contributed by atoms with E-state index in [-0.39, 0.29) is 6.04 Å². The molecule has 10 aromatic rings. The van der Waals surface area contributed by atoms with Gasteiger partial charge in [0.2, 0.25) is 5.96 Å². The standard InChI is InChI=1S/C52H35N3/c1-3-13-37(14-4-1)47-33-48(38-15-5-2-6-16-38)54-52(53-47)55-49-21-10-9-19-45(49)51-46-32-40(26-24-36(46)28-29-50(51)55)39-25-22-34-23-27-41(31-42(34)30-39)44-20-11-17-35-12-7-8-18-43(35)44/h1-33,47H,(H,53,54). The topological polar surface area (TPSA) is 29.3 Å². The van der Waals surface area contributed by atoms with Crippen molar-refractivity contribution in [1.29, 1.82) is 0 Å². The van der Waals surface area contributed by atoms with Gasteiger partial charge >= 0.3 is 0 Å². The molecule has 0 fully saturated rings. The van der Waals surface area contributed by atoms with E-state index in [4.69, 9.17) is 4.99 Å². The molecule has 55 heavy (non-hydrogen) atoms. The minimum atomic E-state index is -0.0405. The van der Waals surface area contributed by atoms with Gasteiger partial charge in [0, 0.05) is 16.3 Å². The van der Waals surface area contributed by atoms with Crippen LogP contribution in [0.2, 0.25) is 0 Å². The highest BCUT2D eigenvalue weighted by molar-refractivity contribution is 6.24. The molecule has 9 aromatic carbocycles. The number of para-hydroxylation sites is 1. The van der Waals surface area contributed by atoms with Crippen molar-refractivity contribution >= 4 is 65.8 Å². The van der Waals surface area contributed by atoms with Crippen molar-refractivity contribution in [1.82, 2.24) is 9.88 Å². The fourth-order valence-corrected chi connectivity index (χ4v) is 8.51. The Morgan fingerprint density at radius 3 is 1.91 bits per heavy atom. The smallest absolute Gasteiger partial charge is 0.209 e. The van der Waals surface area contributed by atoms with Gasteiger partial charge < -0.3 is 5.32 Å². The molecule has 1 atom stereocenters. The van der Waals surface area contributed by atoms with Crippen molar-refractivity contribution in [2.75, 3.05) is 0 Å². The van der Waals surface area contributed by atoms with Crippen LogP contribution >= 0.6 is 0 Å². The highest BCUT2D eigenvalue weighted by atomic mass is 15.2. The van der Waals surface area contributed by atoms with Crippen LogP contribution in [0.4, 0.5) is 0 Å². The molecule has 0 spiro atoms. The van der Waals surface area contributed by atoms with Gasteiger partial charge in [-0.15, -0.1) is 0 Å². The number of aliphatic imine (C=N–C) groups is 1. The van der Waals surface area contributed by atoms with Gasteiger partial charge in [0.15, 0.2) is 0 Å². The Balaban J connectivity index is 1.07. The van der Waals surface area contributed by atoms with E-state index in [2.05, 4.69) is 210 Å². The monoisotopic (exact) mass is 701 g/mol. The van der Waals surface area contributed by atoms with Gasteiger partial charge in [-0.2, -0.15) is 0 Å². The molecule has 0 saturated carbocycles. The quantitative estimate of drug-likeness (QED) is 0.194.